The molecule has 3 saturated heterocycles. The Morgan fingerprint density at radius 2 is 1.47 bits per heavy atom. The van der Waals surface area contributed by atoms with E-state index >= 15 is 0 Å². The van der Waals surface area contributed by atoms with E-state index in [-0.39, 0.29) is 0 Å². The van der Waals surface area contributed by atoms with Crippen LogP contribution in [0.5, 0.6) is 0 Å². The average Bonchev–Trinajstić information content (AvgIpc) is 2.50. The molecule has 19 heavy (non-hydrogen) atoms. The molecular weight excluding hydrogens is 234 g/mol. The van der Waals surface area contributed by atoms with Crippen molar-refractivity contribution >= 4 is 0 Å². The van der Waals surface area contributed by atoms with E-state index in [0.29, 0.717) is 0 Å². The highest BCUT2D eigenvalue weighted by atomic mass is 15.2. The lowest BCUT2D eigenvalue weighted by molar-refractivity contribution is 0.0899. The summed E-state index contributed by atoms with van der Waals surface area (Å²) in [4.78, 5) is 5.52. The van der Waals surface area contributed by atoms with Crippen LogP contribution in [0.15, 0.2) is 0 Å². The number of hydrogen-bond donors (Lipinski definition) is 1. The van der Waals surface area contributed by atoms with Gasteiger partial charge in [0.2, 0.25) is 0 Å². The van der Waals surface area contributed by atoms with Gasteiger partial charge >= 0.3 is 0 Å². The summed E-state index contributed by atoms with van der Waals surface area (Å²) in [6, 6.07) is 0.886. The fraction of sp³-hybridized carbons (Fsp3) is 1.00. The molecule has 3 fully saturated rings. The molecule has 3 aliphatic heterocycles. The maximum atomic E-state index is 3.48. The van der Waals surface area contributed by atoms with Crippen molar-refractivity contribution in [3.63, 3.8) is 0 Å². The number of nitrogens with one attached hydrogen (secondary N) is 1. The van der Waals surface area contributed by atoms with E-state index in [4.69, 9.17) is 0 Å². The van der Waals surface area contributed by atoms with E-state index in [0.717, 1.165) is 12.0 Å². The Hall–Kier alpha value is -0.120. The Kier molecular flexibility index (Phi) is 5.14. The normalized spacial score (nSPS) is 29.7. The minimum absolute atomic E-state index is 0.886. The summed E-state index contributed by atoms with van der Waals surface area (Å²) in [5.41, 5.74) is 0. The Balaban J connectivity index is 1.38. The highest BCUT2D eigenvalue weighted by Crippen LogP contribution is 2.24. The van der Waals surface area contributed by atoms with Gasteiger partial charge in [-0.05, 0) is 83.7 Å². The Bertz CT molecular complexity index is 249. The fourth-order valence-corrected chi connectivity index (χ4v) is 4.18. The third-order valence-electron chi connectivity index (χ3n) is 5.44. The number of nitrogens with zero attached hydrogens (tertiary/aromatic N) is 2. The standard InChI is InChI=1S/C16H31N3/c1-2-10-18(11-3-1)14-15-6-12-19(13-7-15)16-4-8-17-9-5-16/h15-17H,1-14H2. The van der Waals surface area contributed by atoms with Gasteiger partial charge in [0, 0.05) is 12.6 Å². The van der Waals surface area contributed by atoms with Crippen molar-refractivity contribution in [3.8, 4) is 0 Å². The monoisotopic (exact) mass is 265 g/mol. The van der Waals surface area contributed by atoms with Crippen LogP contribution in [0.2, 0.25) is 0 Å². The van der Waals surface area contributed by atoms with Crippen LogP contribution < -0.4 is 5.32 Å². The highest BCUT2D eigenvalue weighted by molar-refractivity contribution is 4.83. The minimum atomic E-state index is 0.886. The summed E-state index contributed by atoms with van der Waals surface area (Å²) in [6.45, 7) is 9.33. The maximum Gasteiger partial charge on any atom is 0.0119 e. The first-order valence-electron chi connectivity index (χ1n) is 8.59. The Morgan fingerprint density at radius 3 is 2.16 bits per heavy atom. The maximum absolute atomic E-state index is 3.48. The minimum Gasteiger partial charge on any atom is -0.317 e. The van der Waals surface area contributed by atoms with Crippen molar-refractivity contribution in [1.29, 1.82) is 0 Å². The van der Waals surface area contributed by atoms with Gasteiger partial charge in [-0.25, -0.2) is 0 Å². The van der Waals surface area contributed by atoms with Crippen LogP contribution in [0.4, 0.5) is 0 Å². The number of rotatable bonds is 3. The predicted molar refractivity (Wildman–Crippen MR) is 80.5 cm³/mol. The number of hydrogen-bond acceptors (Lipinski definition) is 3. The fourth-order valence-electron chi connectivity index (χ4n) is 4.18. The summed E-state index contributed by atoms with van der Waals surface area (Å²) in [6.07, 6.45) is 9.97. The summed E-state index contributed by atoms with van der Waals surface area (Å²) in [7, 11) is 0. The van der Waals surface area contributed by atoms with Crippen LogP contribution in [0.3, 0.4) is 0 Å². The van der Waals surface area contributed by atoms with Crippen molar-refractivity contribution in [2.75, 3.05) is 45.8 Å². The molecule has 0 spiro atoms. The molecular formula is C16H31N3. The van der Waals surface area contributed by atoms with Crippen LogP contribution >= 0.6 is 0 Å². The zero-order chi connectivity index (χ0) is 12.9. The molecule has 0 aromatic rings. The quantitative estimate of drug-likeness (QED) is 0.841. The van der Waals surface area contributed by atoms with Crippen LogP contribution in [-0.2, 0) is 0 Å². The topological polar surface area (TPSA) is 18.5 Å². The van der Waals surface area contributed by atoms with E-state index in [1.165, 1.54) is 90.8 Å². The summed E-state index contributed by atoms with van der Waals surface area (Å²) < 4.78 is 0. The summed E-state index contributed by atoms with van der Waals surface area (Å²) in [5.74, 6) is 0.982. The second kappa shape index (κ2) is 7.05. The van der Waals surface area contributed by atoms with Crippen LogP contribution in [0.1, 0.15) is 44.9 Å². The Morgan fingerprint density at radius 1 is 0.789 bits per heavy atom. The van der Waals surface area contributed by atoms with Gasteiger partial charge in [0.05, 0.1) is 0 Å². The van der Waals surface area contributed by atoms with E-state index in [1.807, 2.05) is 0 Å². The zero-order valence-electron chi connectivity index (χ0n) is 12.4. The second-order valence-corrected chi connectivity index (χ2v) is 6.82. The molecule has 0 bridgehead atoms. The van der Waals surface area contributed by atoms with Gasteiger partial charge in [0.1, 0.15) is 0 Å². The molecule has 0 aliphatic carbocycles. The smallest absolute Gasteiger partial charge is 0.0119 e. The molecule has 3 nitrogen and oxygen atoms in total. The lowest BCUT2D eigenvalue weighted by atomic mass is 9.93. The Labute approximate surface area is 118 Å². The molecule has 0 amide bonds. The van der Waals surface area contributed by atoms with Crippen molar-refractivity contribution in [2.45, 2.75) is 51.0 Å². The predicted octanol–water partition coefficient (Wildman–Crippen LogP) is 1.94. The molecule has 110 valence electrons. The van der Waals surface area contributed by atoms with E-state index < -0.39 is 0 Å². The molecule has 0 atom stereocenters. The molecule has 0 radical (unpaired) electrons. The van der Waals surface area contributed by atoms with E-state index in [9.17, 15) is 0 Å². The molecule has 0 aromatic carbocycles. The zero-order valence-corrected chi connectivity index (χ0v) is 12.4. The molecule has 3 rings (SSSR count). The summed E-state index contributed by atoms with van der Waals surface area (Å²) in [5, 5.41) is 3.48. The number of likely N-dealkylation sites (tertiary alicyclic amines) is 2. The summed E-state index contributed by atoms with van der Waals surface area (Å²) >= 11 is 0. The molecule has 0 saturated carbocycles. The third kappa shape index (κ3) is 3.93. The lowest BCUT2D eigenvalue weighted by Crippen LogP contribution is -2.47. The third-order valence-corrected chi connectivity index (χ3v) is 5.44. The average molecular weight is 265 g/mol. The molecule has 3 aliphatic rings. The largest absolute Gasteiger partial charge is 0.317 e. The molecule has 3 heteroatoms. The first kappa shape index (κ1) is 13.8. The van der Waals surface area contributed by atoms with E-state index in [1.54, 1.807) is 0 Å². The van der Waals surface area contributed by atoms with Gasteiger partial charge in [-0.1, -0.05) is 6.42 Å². The van der Waals surface area contributed by atoms with E-state index in [2.05, 4.69) is 15.1 Å². The first-order valence-corrected chi connectivity index (χ1v) is 8.59. The van der Waals surface area contributed by atoms with Gasteiger partial charge in [-0.3, -0.25) is 0 Å². The highest BCUT2D eigenvalue weighted by Gasteiger charge is 2.27. The van der Waals surface area contributed by atoms with Crippen LogP contribution in [0.25, 0.3) is 0 Å². The van der Waals surface area contributed by atoms with Gasteiger partial charge in [-0.2, -0.15) is 0 Å². The molecule has 0 unspecified atom stereocenters. The van der Waals surface area contributed by atoms with Crippen LogP contribution in [0, 0.1) is 5.92 Å². The van der Waals surface area contributed by atoms with Crippen LogP contribution in [-0.4, -0.2) is 61.7 Å². The van der Waals surface area contributed by atoms with Crippen molar-refractivity contribution in [3.05, 3.63) is 0 Å². The molecule has 0 aromatic heterocycles. The lowest BCUT2D eigenvalue weighted by Gasteiger charge is -2.41. The second-order valence-electron chi connectivity index (χ2n) is 6.82. The van der Waals surface area contributed by atoms with Crippen molar-refractivity contribution < 1.29 is 0 Å². The van der Waals surface area contributed by atoms with Gasteiger partial charge in [-0.15, -0.1) is 0 Å². The van der Waals surface area contributed by atoms with Crippen molar-refractivity contribution in [2.24, 2.45) is 5.92 Å². The SMILES string of the molecule is C1CCN(CC2CCN(C3CCNCC3)CC2)CC1. The van der Waals surface area contributed by atoms with Gasteiger partial charge in [0.25, 0.3) is 0 Å². The van der Waals surface area contributed by atoms with Gasteiger partial charge < -0.3 is 15.1 Å². The molecule has 3 heterocycles. The van der Waals surface area contributed by atoms with Gasteiger partial charge in [0.15, 0.2) is 0 Å². The molecule has 1 N–H and O–H groups in total. The number of piperidine rings is 3. The van der Waals surface area contributed by atoms with Crippen molar-refractivity contribution in [1.82, 2.24) is 15.1 Å². The first-order chi connectivity index (χ1) is 9.42.